The van der Waals surface area contributed by atoms with E-state index in [1.807, 2.05) is 36.1 Å². The van der Waals surface area contributed by atoms with E-state index in [9.17, 15) is 23.3 Å². The third-order valence-electron chi connectivity index (χ3n) is 5.70. The number of hydrogen-bond donors (Lipinski definition) is 1. The van der Waals surface area contributed by atoms with Crippen LogP contribution in [0.1, 0.15) is 24.0 Å². The Kier molecular flexibility index (Phi) is 6.61. The summed E-state index contributed by atoms with van der Waals surface area (Å²) in [4.78, 5) is 27.0. The molecule has 10 heteroatoms. The SMILES string of the molecule is Cc1ccccc1CN(C)C(=O)C1CCN(c2ccc(S(N)(=O)=O)cc2[N+](=O)[O-])CC1. The van der Waals surface area contributed by atoms with Gasteiger partial charge in [-0.25, -0.2) is 13.6 Å². The first-order valence-corrected chi connectivity index (χ1v) is 11.5. The molecule has 0 saturated carbocycles. The van der Waals surface area contributed by atoms with E-state index in [0.717, 1.165) is 17.2 Å². The highest BCUT2D eigenvalue weighted by atomic mass is 32.2. The predicted molar refractivity (Wildman–Crippen MR) is 117 cm³/mol. The molecule has 166 valence electrons. The lowest BCUT2D eigenvalue weighted by atomic mass is 9.94. The lowest BCUT2D eigenvalue weighted by Crippen LogP contribution is -2.41. The zero-order valence-electron chi connectivity index (χ0n) is 17.5. The molecule has 1 amide bonds. The Hall–Kier alpha value is -2.98. The zero-order valence-corrected chi connectivity index (χ0v) is 18.3. The molecule has 0 atom stereocenters. The van der Waals surface area contributed by atoms with E-state index in [1.54, 1.807) is 11.9 Å². The molecule has 0 radical (unpaired) electrons. The number of hydrogen-bond acceptors (Lipinski definition) is 6. The second kappa shape index (κ2) is 9.03. The number of nitrogens with zero attached hydrogens (tertiary/aromatic N) is 3. The molecular formula is C21H26N4O5S. The fraction of sp³-hybridized carbons (Fsp3) is 0.381. The van der Waals surface area contributed by atoms with Crippen LogP contribution in [0.4, 0.5) is 11.4 Å². The highest BCUT2D eigenvalue weighted by molar-refractivity contribution is 7.89. The average molecular weight is 447 g/mol. The van der Waals surface area contributed by atoms with E-state index < -0.39 is 14.9 Å². The molecule has 1 aliphatic rings. The van der Waals surface area contributed by atoms with E-state index in [2.05, 4.69) is 0 Å². The Morgan fingerprint density at radius 3 is 2.45 bits per heavy atom. The van der Waals surface area contributed by atoms with Crippen LogP contribution in [0.2, 0.25) is 0 Å². The van der Waals surface area contributed by atoms with Crippen molar-refractivity contribution in [2.24, 2.45) is 11.1 Å². The van der Waals surface area contributed by atoms with Crippen molar-refractivity contribution in [2.45, 2.75) is 31.2 Å². The van der Waals surface area contributed by atoms with Gasteiger partial charge < -0.3 is 9.80 Å². The Balaban J connectivity index is 1.68. The summed E-state index contributed by atoms with van der Waals surface area (Å²) in [6.45, 7) is 3.47. The lowest BCUT2D eigenvalue weighted by Gasteiger charge is -2.34. The Labute approximate surface area is 181 Å². The number of carbonyl (C=O) groups excluding carboxylic acids is 1. The van der Waals surface area contributed by atoms with E-state index in [0.29, 0.717) is 38.2 Å². The lowest BCUT2D eigenvalue weighted by molar-refractivity contribution is -0.384. The number of sulfonamides is 1. The van der Waals surface area contributed by atoms with E-state index >= 15 is 0 Å². The third-order valence-corrected chi connectivity index (χ3v) is 6.61. The van der Waals surface area contributed by atoms with Gasteiger partial charge in [-0.15, -0.1) is 0 Å². The summed E-state index contributed by atoms with van der Waals surface area (Å²) in [5, 5.41) is 16.6. The van der Waals surface area contributed by atoms with Gasteiger partial charge in [-0.3, -0.25) is 14.9 Å². The summed E-state index contributed by atoms with van der Waals surface area (Å²) in [5.74, 6) is -0.102. The second-order valence-electron chi connectivity index (χ2n) is 7.83. The minimum absolute atomic E-state index is 0.0574. The minimum atomic E-state index is -4.04. The monoisotopic (exact) mass is 446 g/mol. The normalized spacial score (nSPS) is 15.0. The number of nitrogens with two attached hydrogens (primary N) is 1. The van der Waals surface area contributed by atoms with Crippen LogP contribution in [0.15, 0.2) is 47.4 Å². The number of rotatable bonds is 6. The molecule has 3 rings (SSSR count). The molecule has 2 N–H and O–H groups in total. The average Bonchev–Trinajstić information content (AvgIpc) is 2.73. The summed E-state index contributed by atoms with van der Waals surface area (Å²) >= 11 is 0. The molecule has 0 aliphatic carbocycles. The standard InChI is InChI=1S/C21H26N4O5S/c1-15-5-3-4-6-17(15)14-23(2)21(26)16-9-11-24(12-10-16)19-8-7-18(31(22,29)30)13-20(19)25(27)28/h3-8,13,16H,9-12,14H2,1-2H3,(H2,22,29,30). The number of piperidine rings is 1. The van der Waals surface area contributed by atoms with Gasteiger partial charge in [0.1, 0.15) is 5.69 Å². The fourth-order valence-corrected chi connectivity index (χ4v) is 4.43. The third kappa shape index (κ3) is 5.20. The predicted octanol–water partition coefficient (Wildman–Crippen LogP) is 2.43. The zero-order chi connectivity index (χ0) is 22.8. The number of aryl methyl sites for hydroxylation is 1. The minimum Gasteiger partial charge on any atom is -0.366 e. The fourth-order valence-electron chi connectivity index (χ4n) is 3.89. The van der Waals surface area contributed by atoms with Gasteiger partial charge in [0.05, 0.1) is 9.82 Å². The first-order valence-electron chi connectivity index (χ1n) is 9.93. The van der Waals surface area contributed by atoms with Gasteiger partial charge in [0, 0.05) is 38.7 Å². The van der Waals surface area contributed by atoms with Gasteiger partial charge in [0.2, 0.25) is 15.9 Å². The number of nitro benzene ring substituents is 1. The maximum Gasteiger partial charge on any atom is 0.293 e. The molecule has 31 heavy (non-hydrogen) atoms. The molecule has 9 nitrogen and oxygen atoms in total. The van der Waals surface area contributed by atoms with Gasteiger partial charge in [-0.1, -0.05) is 24.3 Å². The molecule has 0 aromatic heterocycles. The maximum absolute atomic E-state index is 12.9. The van der Waals surface area contributed by atoms with Crippen molar-refractivity contribution in [2.75, 3.05) is 25.0 Å². The van der Waals surface area contributed by atoms with Crippen LogP contribution in [-0.2, 0) is 21.4 Å². The molecule has 0 unspecified atom stereocenters. The molecule has 1 heterocycles. The Morgan fingerprint density at radius 1 is 1.23 bits per heavy atom. The van der Waals surface area contributed by atoms with Crippen molar-refractivity contribution >= 4 is 27.3 Å². The number of nitro groups is 1. The van der Waals surface area contributed by atoms with Crippen LogP contribution in [0.3, 0.4) is 0 Å². The number of amides is 1. The number of primary sulfonamides is 1. The van der Waals surface area contributed by atoms with Crippen LogP contribution in [0.25, 0.3) is 0 Å². The topological polar surface area (TPSA) is 127 Å². The molecule has 0 spiro atoms. The summed E-state index contributed by atoms with van der Waals surface area (Å²) in [5.41, 5.74) is 2.25. The van der Waals surface area contributed by atoms with Crippen molar-refractivity contribution in [3.8, 4) is 0 Å². The van der Waals surface area contributed by atoms with Crippen molar-refractivity contribution in [3.05, 3.63) is 63.7 Å². The summed E-state index contributed by atoms with van der Waals surface area (Å²) in [6, 6.07) is 11.6. The van der Waals surface area contributed by atoms with Crippen LogP contribution in [0, 0.1) is 23.0 Å². The Bertz CT molecular complexity index is 1090. The summed E-state index contributed by atoms with van der Waals surface area (Å²) in [7, 11) is -2.25. The molecule has 1 fully saturated rings. The first kappa shape index (κ1) is 22.7. The number of carbonyl (C=O) groups is 1. The van der Waals surface area contributed by atoms with Crippen molar-refractivity contribution in [1.82, 2.24) is 4.90 Å². The van der Waals surface area contributed by atoms with Crippen molar-refractivity contribution < 1.29 is 18.1 Å². The Morgan fingerprint density at radius 2 is 1.87 bits per heavy atom. The summed E-state index contributed by atoms with van der Waals surface area (Å²) in [6.07, 6.45) is 1.12. The van der Waals surface area contributed by atoms with E-state index in [4.69, 9.17) is 5.14 Å². The van der Waals surface area contributed by atoms with Crippen LogP contribution >= 0.6 is 0 Å². The van der Waals surface area contributed by atoms with Crippen LogP contribution in [0.5, 0.6) is 0 Å². The van der Waals surface area contributed by atoms with Gasteiger partial charge in [0.25, 0.3) is 5.69 Å². The van der Waals surface area contributed by atoms with Crippen molar-refractivity contribution in [3.63, 3.8) is 0 Å². The number of anilines is 1. The molecule has 2 aromatic rings. The molecule has 0 bridgehead atoms. The van der Waals surface area contributed by atoms with Gasteiger partial charge in [-0.05, 0) is 43.0 Å². The molecule has 1 saturated heterocycles. The smallest absolute Gasteiger partial charge is 0.293 e. The summed E-state index contributed by atoms with van der Waals surface area (Å²) < 4.78 is 23.1. The molecule has 1 aliphatic heterocycles. The largest absolute Gasteiger partial charge is 0.366 e. The van der Waals surface area contributed by atoms with Crippen LogP contribution in [-0.4, -0.2) is 44.3 Å². The first-order chi connectivity index (χ1) is 14.6. The van der Waals surface area contributed by atoms with E-state index in [1.165, 1.54) is 12.1 Å². The maximum atomic E-state index is 12.9. The highest BCUT2D eigenvalue weighted by Gasteiger charge is 2.30. The van der Waals surface area contributed by atoms with E-state index in [-0.39, 0.29) is 22.4 Å². The van der Waals surface area contributed by atoms with Gasteiger partial charge in [-0.2, -0.15) is 0 Å². The van der Waals surface area contributed by atoms with Crippen LogP contribution < -0.4 is 10.0 Å². The molecule has 2 aromatic carbocycles. The van der Waals surface area contributed by atoms with Crippen molar-refractivity contribution in [1.29, 1.82) is 0 Å². The number of benzene rings is 2. The quantitative estimate of drug-likeness (QED) is 0.536. The highest BCUT2D eigenvalue weighted by Crippen LogP contribution is 2.33. The second-order valence-corrected chi connectivity index (χ2v) is 9.40. The van der Waals surface area contributed by atoms with Gasteiger partial charge >= 0.3 is 0 Å². The molecular weight excluding hydrogens is 420 g/mol. The van der Waals surface area contributed by atoms with Gasteiger partial charge in [0.15, 0.2) is 0 Å².